The van der Waals surface area contributed by atoms with Crippen molar-refractivity contribution >= 4 is 74.2 Å². The van der Waals surface area contributed by atoms with Gasteiger partial charge in [-0.3, -0.25) is 24.1 Å². The van der Waals surface area contributed by atoms with Gasteiger partial charge in [0.1, 0.15) is 23.7 Å². The zero-order valence-corrected chi connectivity index (χ0v) is 34.2. The zero-order chi connectivity index (χ0) is 43.8. The number of carboxylic acids is 1. The molecular formula is C45H43N5O11S. The van der Waals surface area contributed by atoms with Crippen LogP contribution in [0.2, 0.25) is 0 Å². The molecule has 0 saturated heterocycles. The molecule has 0 radical (unpaired) electrons. The number of fused-ring (bicyclic) bond motifs is 2. The van der Waals surface area contributed by atoms with Crippen LogP contribution in [0.4, 0.5) is 11.4 Å². The minimum Gasteiger partial charge on any atom is -0.508 e. The van der Waals surface area contributed by atoms with Crippen molar-refractivity contribution in [2.45, 2.75) is 12.8 Å². The Hall–Kier alpha value is -6.92. The van der Waals surface area contributed by atoms with Crippen LogP contribution in [0.15, 0.2) is 94.1 Å². The number of hydrogen-bond acceptors (Lipinski definition) is 13. The first-order valence-electron chi connectivity index (χ1n) is 19.8. The second-order valence-corrected chi connectivity index (χ2v) is 14.6. The van der Waals surface area contributed by atoms with Crippen LogP contribution < -0.4 is 27.1 Å². The Bertz CT molecular complexity index is 2700. The minimum absolute atomic E-state index is 0.0243. The van der Waals surface area contributed by atoms with Gasteiger partial charge < -0.3 is 50.5 Å². The Morgan fingerprint density at radius 1 is 0.790 bits per heavy atom. The van der Waals surface area contributed by atoms with E-state index in [1.54, 1.807) is 48.5 Å². The lowest BCUT2D eigenvalue weighted by Crippen LogP contribution is -2.42. The lowest BCUT2D eigenvalue weighted by Gasteiger charge is -2.27. The molecule has 16 nitrogen and oxygen atoms in total. The highest BCUT2D eigenvalue weighted by atomic mass is 32.1. The van der Waals surface area contributed by atoms with Gasteiger partial charge >= 0.3 is 11.9 Å². The van der Waals surface area contributed by atoms with Crippen molar-refractivity contribution in [3.05, 3.63) is 112 Å². The average molecular weight is 862 g/mol. The third-order valence-electron chi connectivity index (χ3n) is 10.1. The summed E-state index contributed by atoms with van der Waals surface area (Å²) in [5.41, 5.74) is 8.70. The molecule has 0 saturated carbocycles. The monoisotopic (exact) mass is 861 g/mol. The number of aromatic carboxylic acids is 1. The van der Waals surface area contributed by atoms with E-state index < -0.39 is 23.8 Å². The Morgan fingerprint density at radius 2 is 1.55 bits per heavy atom. The van der Waals surface area contributed by atoms with E-state index >= 15 is 0 Å². The van der Waals surface area contributed by atoms with E-state index in [0.717, 1.165) is 11.1 Å². The van der Waals surface area contributed by atoms with Crippen molar-refractivity contribution in [1.82, 2.24) is 10.2 Å². The fourth-order valence-electron chi connectivity index (χ4n) is 7.26. The van der Waals surface area contributed by atoms with Crippen molar-refractivity contribution < 1.29 is 48.0 Å². The molecule has 2 heterocycles. The van der Waals surface area contributed by atoms with Crippen LogP contribution in [-0.2, 0) is 19.0 Å². The van der Waals surface area contributed by atoms with Crippen LogP contribution in [0, 0.1) is 0 Å². The molecule has 0 bridgehead atoms. The summed E-state index contributed by atoms with van der Waals surface area (Å²) in [6.45, 7) is 2.46. The number of aromatic hydroxyl groups is 1. The van der Waals surface area contributed by atoms with Gasteiger partial charge in [0.15, 0.2) is 10.5 Å². The number of nitrogens with zero attached hydrogens (tertiary/aromatic N) is 1. The summed E-state index contributed by atoms with van der Waals surface area (Å²) in [4.78, 5) is 65.1. The lowest BCUT2D eigenvalue weighted by atomic mass is 9.90. The number of phenolic OH excluding ortho intramolecular Hbond substituents is 1. The predicted octanol–water partition coefficient (Wildman–Crippen LogP) is 5.43. The molecule has 3 aliphatic rings. The molecule has 320 valence electrons. The maximum atomic E-state index is 13.4. The number of rotatable bonds is 19. The van der Waals surface area contributed by atoms with Gasteiger partial charge in [0, 0.05) is 81.4 Å². The number of esters is 1. The van der Waals surface area contributed by atoms with Gasteiger partial charge in [-0.2, -0.15) is 0 Å². The number of thiocarbonyl (C=S) groups is 1. The number of anilines is 2. The number of imide groups is 1. The van der Waals surface area contributed by atoms with Crippen molar-refractivity contribution in [3.8, 4) is 28.2 Å². The number of nitrogens with one attached hydrogen (secondary N) is 3. The van der Waals surface area contributed by atoms with Gasteiger partial charge in [-0.05, 0) is 78.8 Å². The number of carbonyl (C=O) groups excluding carboxylic acids is 3. The molecule has 4 aromatic carbocycles. The highest BCUT2D eigenvalue weighted by Crippen LogP contribution is 2.42. The number of hydrogen-bond donors (Lipinski definition) is 6. The quantitative estimate of drug-likeness (QED) is 0.0196. The molecule has 0 atom stereocenters. The van der Waals surface area contributed by atoms with E-state index in [9.17, 15) is 34.2 Å². The van der Waals surface area contributed by atoms with E-state index in [-0.39, 0.29) is 65.9 Å². The fourth-order valence-corrected chi connectivity index (χ4v) is 7.48. The van der Waals surface area contributed by atoms with E-state index in [0.29, 0.717) is 83.6 Å². The van der Waals surface area contributed by atoms with E-state index in [1.807, 2.05) is 6.07 Å². The first kappa shape index (κ1) is 43.2. The van der Waals surface area contributed by atoms with Gasteiger partial charge in [-0.25, -0.2) is 4.79 Å². The molecule has 0 spiro atoms. The minimum atomic E-state index is -1.20. The summed E-state index contributed by atoms with van der Waals surface area (Å²) in [6.07, 6.45) is 0.583. The molecular weight excluding hydrogens is 819 g/mol. The molecule has 2 amide bonds. The normalized spacial score (nSPS) is 12.2. The second kappa shape index (κ2) is 19.6. The molecule has 62 heavy (non-hydrogen) atoms. The summed E-state index contributed by atoms with van der Waals surface area (Å²) in [7, 11) is 0. The highest BCUT2D eigenvalue weighted by molar-refractivity contribution is 7.80. The predicted molar refractivity (Wildman–Crippen MR) is 236 cm³/mol. The number of amides is 2. The van der Waals surface area contributed by atoms with Gasteiger partial charge in [-0.1, -0.05) is 18.2 Å². The van der Waals surface area contributed by atoms with Crippen molar-refractivity contribution in [2.75, 3.05) is 69.8 Å². The van der Waals surface area contributed by atoms with Gasteiger partial charge in [0.25, 0.3) is 11.8 Å². The summed E-state index contributed by atoms with van der Waals surface area (Å²) in [5, 5.41) is 31.6. The number of carboxylic acid groups (broad SMARTS) is 1. The number of benzene rings is 5. The third kappa shape index (κ3) is 9.66. The van der Waals surface area contributed by atoms with Gasteiger partial charge in [0.05, 0.1) is 45.1 Å². The summed E-state index contributed by atoms with van der Waals surface area (Å²) >= 11 is 5.41. The maximum absolute atomic E-state index is 13.4. The Morgan fingerprint density at radius 3 is 2.34 bits per heavy atom. The van der Waals surface area contributed by atoms with Crippen LogP contribution in [-0.4, -0.2) is 103 Å². The molecule has 1 aliphatic carbocycles. The maximum Gasteiger partial charge on any atom is 0.336 e. The first-order valence-corrected chi connectivity index (χ1v) is 20.2. The number of phenols is 1. The third-order valence-corrected chi connectivity index (χ3v) is 10.3. The SMILES string of the molecule is NCCOCCOCCN1C(=O)c2cccc3c(NCCCC(=O)OCCNC(=S)Nc4ccc(-c5c6ccc(=O)cc-6oc6cc(O)ccc56)c(C(=O)O)c4)ccc(c23)C1=O. The topological polar surface area (TPSA) is 232 Å². The van der Waals surface area contributed by atoms with Crippen LogP contribution in [0.1, 0.15) is 43.9 Å². The molecule has 7 rings (SSSR count). The summed E-state index contributed by atoms with van der Waals surface area (Å²) in [6, 6.07) is 22.3. The van der Waals surface area contributed by atoms with E-state index in [2.05, 4.69) is 16.0 Å². The average Bonchev–Trinajstić information content (AvgIpc) is 3.25. The van der Waals surface area contributed by atoms with Crippen LogP contribution in [0.5, 0.6) is 5.75 Å². The smallest absolute Gasteiger partial charge is 0.336 e. The van der Waals surface area contributed by atoms with E-state index in [1.165, 1.54) is 35.2 Å². The van der Waals surface area contributed by atoms with Gasteiger partial charge in [-0.15, -0.1) is 0 Å². The number of carbonyl (C=O) groups is 4. The fraction of sp³-hybridized carbons (Fsp3) is 0.244. The Balaban J connectivity index is 0.878. The summed E-state index contributed by atoms with van der Waals surface area (Å²) < 4.78 is 22.1. The Kier molecular flexibility index (Phi) is 13.7. The molecule has 0 aromatic heterocycles. The molecule has 4 aromatic rings. The largest absolute Gasteiger partial charge is 0.508 e. The molecule has 7 N–H and O–H groups in total. The van der Waals surface area contributed by atoms with Crippen molar-refractivity contribution in [2.24, 2.45) is 5.73 Å². The molecule has 0 fully saturated rings. The summed E-state index contributed by atoms with van der Waals surface area (Å²) in [5.74, 6) is -2.21. The van der Waals surface area contributed by atoms with Crippen molar-refractivity contribution in [3.63, 3.8) is 0 Å². The van der Waals surface area contributed by atoms with Crippen LogP contribution in [0.25, 0.3) is 44.2 Å². The number of ether oxygens (including phenoxy) is 3. The highest BCUT2D eigenvalue weighted by Gasteiger charge is 2.33. The Labute approximate surface area is 359 Å². The van der Waals surface area contributed by atoms with Crippen LogP contribution in [0.3, 0.4) is 0 Å². The van der Waals surface area contributed by atoms with Gasteiger partial charge in [0.2, 0.25) is 0 Å². The lowest BCUT2D eigenvalue weighted by molar-refractivity contribution is -0.143. The van der Waals surface area contributed by atoms with E-state index in [4.69, 9.17) is 36.6 Å². The standard InChI is InChI=1S/C45H43N5O11S/c46-14-18-58-21-22-59-20-17-50-42(54)33-4-1-3-30-36(13-12-34(41(30)33)43(50)55)47-15-2-5-39(53)60-19-16-48-45(62)49-26-6-9-29(35(23-26)44(56)57)40-31-10-7-27(51)24-37(31)61-38-25-28(52)8-11-32(38)40/h1,3-4,6-13,23-25,47,51H,2,5,14-22,46H2,(H,56,57)(H2,48,49,62). The second-order valence-electron chi connectivity index (χ2n) is 14.2. The zero-order valence-electron chi connectivity index (χ0n) is 33.4. The first-order chi connectivity index (χ1) is 30.0. The molecule has 0 unspecified atom stereocenters. The van der Waals surface area contributed by atoms with Crippen molar-refractivity contribution in [1.29, 1.82) is 0 Å². The molecule has 2 aliphatic heterocycles. The molecule has 17 heteroatoms. The number of nitrogens with two attached hydrogens (primary N) is 1. The van der Waals surface area contributed by atoms with Crippen LogP contribution >= 0.6 is 12.2 Å².